The number of Topliss-reactive ketones (excluding diaryl/α,β-unsaturated/α-hetero) is 1. The molecule has 182 valence electrons. The Morgan fingerprint density at radius 3 is 2.83 bits per heavy atom. The number of ketones is 1. The van der Waals surface area contributed by atoms with Crippen molar-refractivity contribution in [3.63, 3.8) is 0 Å². The molecular weight excluding hydrogens is 494 g/mol. The average Bonchev–Trinajstić information content (AvgIpc) is 3.32. The third-order valence-electron chi connectivity index (χ3n) is 6.65. The molecule has 4 aromatic rings. The molecule has 0 radical (unpaired) electrons. The van der Waals surface area contributed by atoms with Crippen molar-refractivity contribution in [3.05, 3.63) is 68.8 Å². The number of carbonyl (C=O) groups is 2. The highest BCUT2D eigenvalue weighted by molar-refractivity contribution is 7.99. The molecule has 0 fully saturated rings. The van der Waals surface area contributed by atoms with Gasteiger partial charge in [-0.2, -0.15) is 0 Å². The molecule has 6 rings (SSSR count). The third-order valence-corrected chi connectivity index (χ3v) is 8.40. The van der Waals surface area contributed by atoms with Crippen molar-refractivity contribution in [2.75, 3.05) is 11.1 Å². The first-order valence-electron chi connectivity index (χ1n) is 11.9. The number of thioether (sulfide) groups is 1. The van der Waals surface area contributed by atoms with Gasteiger partial charge in [-0.1, -0.05) is 30.0 Å². The Bertz CT molecular complexity index is 1590. The van der Waals surface area contributed by atoms with E-state index in [-0.39, 0.29) is 23.0 Å². The molecule has 3 heterocycles. The molecule has 7 nitrogen and oxygen atoms in total. The molecule has 0 saturated heterocycles. The fraction of sp³-hybridized carbons (Fsp3) is 0.259. The van der Waals surface area contributed by atoms with Crippen LogP contribution in [-0.2, 0) is 17.6 Å². The number of rotatable bonds is 5. The first-order chi connectivity index (χ1) is 17.5. The normalized spacial score (nSPS) is 16.7. The van der Waals surface area contributed by atoms with Crippen LogP contribution in [0.3, 0.4) is 0 Å². The van der Waals surface area contributed by atoms with Gasteiger partial charge in [0.25, 0.3) is 11.5 Å². The quantitative estimate of drug-likeness (QED) is 0.214. The van der Waals surface area contributed by atoms with Gasteiger partial charge in [0.1, 0.15) is 10.6 Å². The maximum absolute atomic E-state index is 13.0. The first kappa shape index (κ1) is 23.0. The Kier molecular flexibility index (Phi) is 5.89. The number of hydrogen-bond donors (Lipinski definition) is 2. The Morgan fingerprint density at radius 2 is 1.97 bits per heavy atom. The predicted octanol–water partition coefficient (Wildman–Crippen LogP) is 5.22. The molecule has 1 amide bonds. The Morgan fingerprint density at radius 1 is 1.14 bits per heavy atom. The number of aromatic nitrogens is 2. The number of thiophene rings is 1. The lowest BCUT2D eigenvalue weighted by molar-refractivity contribution is -0.122. The highest BCUT2D eigenvalue weighted by Gasteiger charge is 2.24. The fourth-order valence-electron chi connectivity index (χ4n) is 4.71. The minimum atomic E-state index is -0.572. The lowest BCUT2D eigenvalue weighted by atomic mass is 9.89. The van der Waals surface area contributed by atoms with Crippen LogP contribution in [0.2, 0.25) is 0 Å². The second kappa shape index (κ2) is 9.22. The van der Waals surface area contributed by atoms with Gasteiger partial charge < -0.3 is 15.0 Å². The standard InChI is InChI=1S/C27H23N3O4S2/c1-14-24(32)28-20-11-18(8-9-22(20)34-14)21(31)13-36-27-29-25(33)23-19(12-35-26(23)30-27)17-7-6-15-4-2-3-5-16(15)10-17/h6-12,14H,2-5,13H2,1H3,(H,28,32)(H,29,30,33). The van der Waals surface area contributed by atoms with E-state index in [0.29, 0.717) is 32.4 Å². The van der Waals surface area contributed by atoms with Gasteiger partial charge in [-0.15, -0.1) is 11.3 Å². The summed E-state index contributed by atoms with van der Waals surface area (Å²) in [5.41, 5.74) is 5.45. The van der Waals surface area contributed by atoms with Crippen LogP contribution < -0.4 is 15.6 Å². The van der Waals surface area contributed by atoms with E-state index in [1.165, 1.54) is 47.1 Å². The number of hydrogen-bond acceptors (Lipinski definition) is 7. The number of nitrogens with one attached hydrogen (secondary N) is 2. The Labute approximate surface area is 215 Å². The SMILES string of the molecule is CC1Oc2ccc(C(=O)CSc3nc4scc(-c5ccc6c(c5)CCCC6)c4c(=O)[nH]3)cc2NC1=O. The molecule has 2 N–H and O–H groups in total. The van der Waals surface area contributed by atoms with Crippen LogP contribution in [-0.4, -0.2) is 33.5 Å². The summed E-state index contributed by atoms with van der Waals surface area (Å²) in [6, 6.07) is 11.5. The maximum atomic E-state index is 13.0. The number of fused-ring (bicyclic) bond motifs is 3. The molecule has 0 bridgehead atoms. The summed E-state index contributed by atoms with van der Waals surface area (Å²) in [5, 5.41) is 5.74. The van der Waals surface area contributed by atoms with Crippen LogP contribution in [0, 0.1) is 0 Å². The van der Waals surface area contributed by atoms with Crippen LogP contribution in [0.5, 0.6) is 5.75 Å². The van der Waals surface area contributed by atoms with Gasteiger partial charge in [0, 0.05) is 16.5 Å². The summed E-state index contributed by atoms with van der Waals surface area (Å²) < 4.78 is 5.55. The second-order valence-corrected chi connectivity index (χ2v) is 10.9. The molecule has 0 saturated carbocycles. The van der Waals surface area contributed by atoms with Crippen molar-refractivity contribution in [2.24, 2.45) is 0 Å². The zero-order chi connectivity index (χ0) is 24.8. The number of ether oxygens (including phenoxy) is 1. The van der Waals surface area contributed by atoms with Crippen LogP contribution in [0.25, 0.3) is 21.3 Å². The molecule has 1 aliphatic carbocycles. The van der Waals surface area contributed by atoms with Crippen molar-refractivity contribution >= 4 is 50.7 Å². The summed E-state index contributed by atoms with van der Waals surface area (Å²) in [5.74, 6) is 0.248. The molecule has 1 unspecified atom stereocenters. The van der Waals surface area contributed by atoms with E-state index in [1.54, 1.807) is 25.1 Å². The van der Waals surface area contributed by atoms with Crippen LogP contribution in [0.15, 0.2) is 51.7 Å². The van der Waals surface area contributed by atoms with Crippen LogP contribution in [0.4, 0.5) is 5.69 Å². The minimum Gasteiger partial charge on any atom is -0.479 e. The summed E-state index contributed by atoms with van der Waals surface area (Å²) in [6.07, 6.45) is 4.07. The van der Waals surface area contributed by atoms with E-state index in [1.807, 2.05) is 5.38 Å². The van der Waals surface area contributed by atoms with Crippen molar-refractivity contribution < 1.29 is 14.3 Å². The van der Waals surface area contributed by atoms with Gasteiger partial charge in [-0.3, -0.25) is 14.4 Å². The second-order valence-electron chi connectivity index (χ2n) is 9.06. The monoisotopic (exact) mass is 517 g/mol. The van der Waals surface area contributed by atoms with E-state index >= 15 is 0 Å². The van der Waals surface area contributed by atoms with E-state index in [4.69, 9.17) is 4.74 Å². The fourth-order valence-corrected chi connectivity index (χ4v) is 6.47. The molecule has 2 aromatic heterocycles. The van der Waals surface area contributed by atoms with Crippen molar-refractivity contribution in [2.45, 2.75) is 43.9 Å². The molecule has 9 heteroatoms. The van der Waals surface area contributed by atoms with Gasteiger partial charge in [0.15, 0.2) is 17.0 Å². The van der Waals surface area contributed by atoms with Gasteiger partial charge in [-0.05, 0) is 67.5 Å². The van der Waals surface area contributed by atoms with Crippen molar-refractivity contribution in [1.29, 1.82) is 0 Å². The van der Waals surface area contributed by atoms with E-state index < -0.39 is 6.10 Å². The van der Waals surface area contributed by atoms with Crippen LogP contribution >= 0.6 is 23.1 Å². The number of benzene rings is 2. The first-order valence-corrected chi connectivity index (χ1v) is 13.7. The highest BCUT2D eigenvalue weighted by atomic mass is 32.2. The number of nitrogens with zero attached hydrogens (tertiary/aromatic N) is 1. The van der Waals surface area contributed by atoms with Gasteiger partial charge >= 0.3 is 0 Å². The van der Waals surface area contributed by atoms with Crippen molar-refractivity contribution in [3.8, 4) is 16.9 Å². The number of aromatic amines is 1. The Balaban J connectivity index is 1.21. The smallest absolute Gasteiger partial charge is 0.265 e. The summed E-state index contributed by atoms with van der Waals surface area (Å²) in [7, 11) is 0. The van der Waals surface area contributed by atoms with E-state index in [0.717, 1.165) is 24.0 Å². The van der Waals surface area contributed by atoms with E-state index in [9.17, 15) is 14.4 Å². The molecule has 1 aliphatic heterocycles. The molecule has 2 aliphatic rings. The lowest BCUT2D eigenvalue weighted by Gasteiger charge is -2.23. The number of carbonyl (C=O) groups excluding carboxylic acids is 2. The van der Waals surface area contributed by atoms with Gasteiger partial charge in [0.05, 0.1) is 16.8 Å². The van der Waals surface area contributed by atoms with E-state index in [2.05, 4.69) is 33.5 Å². The zero-order valence-corrected chi connectivity index (χ0v) is 21.2. The molecule has 36 heavy (non-hydrogen) atoms. The van der Waals surface area contributed by atoms with Gasteiger partial charge in [-0.25, -0.2) is 4.98 Å². The number of H-pyrrole nitrogens is 1. The topological polar surface area (TPSA) is 101 Å². The number of aryl methyl sites for hydroxylation is 2. The molecule has 2 aromatic carbocycles. The molecule has 1 atom stereocenters. The summed E-state index contributed by atoms with van der Waals surface area (Å²) in [4.78, 5) is 45.9. The third kappa shape index (κ3) is 4.22. The number of amides is 1. The highest BCUT2D eigenvalue weighted by Crippen LogP contribution is 2.35. The van der Waals surface area contributed by atoms with Crippen LogP contribution in [0.1, 0.15) is 41.3 Å². The van der Waals surface area contributed by atoms with Crippen molar-refractivity contribution in [1.82, 2.24) is 9.97 Å². The summed E-state index contributed by atoms with van der Waals surface area (Å²) >= 11 is 2.62. The average molecular weight is 518 g/mol. The number of anilines is 1. The minimum absolute atomic E-state index is 0.0987. The molecular formula is C27H23N3O4S2. The Hall–Kier alpha value is -3.43. The summed E-state index contributed by atoms with van der Waals surface area (Å²) in [6.45, 7) is 1.67. The predicted molar refractivity (Wildman–Crippen MR) is 143 cm³/mol. The lowest BCUT2D eigenvalue weighted by Crippen LogP contribution is -2.34. The zero-order valence-electron chi connectivity index (χ0n) is 19.6. The molecule has 0 spiro atoms. The van der Waals surface area contributed by atoms with Gasteiger partial charge in [0.2, 0.25) is 0 Å². The largest absolute Gasteiger partial charge is 0.479 e. The maximum Gasteiger partial charge on any atom is 0.265 e.